The molecule has 2 aromatic rings. The van der Waals surface area contributed by atoms with Gasteiger partial charge < -0.3 is 9.88 Å². The minimum absolute atomic E-state index is 0.0941. The number of hydrogen-bond acceptors (Lipinski definition) is 3. The molecule has 2 aromatic heterocycles. The lowest BCUT2D eigenvalue weighted by atomic mass is 9.93. The number of nitrogens with one attached hydrogen (secondary N) is 1. The molecule has 1 N–H and O–H groups in total. The second kappa shape index (κ2) is 6.56. The SMILES string of the molecule is O=C(c1cccc(=O)[nH]1)N1CCCC(Cc2ccccn2)C1. The first-order valence-electron chi connectivity index (χ1n) is 7.61. The Morgan fingerprint density at radius 1 is 1.27 bits per heavy atom. The molecule has 22 heavy (non-hydrogen) atoms. The van der Waals surface area contributed by atoms with Crippen molar-refractivity contribution in [1.29, 1.82) is 0 Å². The molecule has 0 bridgehead atoms. The van der Waals surface area contributed by atoms with Crippen molar-refractivity contribution in [3.8, 4) is 0 Å². The minimum atomic E-state index is -0.243. The number of rotatable bonds is 3. The first kappa shape index (κ1) is 14.5. The lowest BCUT2D eigenvalue weighted by Crippen LogP contribution is -2.41. The van der Waals surface area contributed by atoms with Gasteiger partial charge in [-0.3, -0.25) is 14.6 Å². The van der Waals surface area contributed by atoms with E-state index in [0.29, 0.717) is 18.2 Å². The van der Waals surface area contributed by atoms with E-state index in [2.05, 4.69) is 9.97 Å². The Morgan fingerprint density at radius 3 is 2.95 bits per heavy atom. The fourth-order valence-electron chi connectivity index (χ4n) is 2.97. The molecule has 0 spiro atoms. The molecule has 1 atom stereocenters. The smallest absolute Gasteiger partial charge is 0.270 e. The summed E-state index contributed by atoms with van der Waals surface area (Å²) in [4.78, 5) is 32.6. The van der Waals surface area contributed by atoms with Crippen LogP contribution in [0.1, 0.15) is 29.0 Å². The van der Waals surface area contributed by atoms with Crippen molar-refractivity contribution in [2.24, 2.45) is 5.92 Å². The van der Waals surface area contributed by atoms with Gasteiger partial charge in [0.1, 0.15) is 5.69 Å². The molecule has 0 saturated carbocycles. The van der Waals surface area contributed by atoms with Gasteiger partial charge in [0.2, 0.25) is 5.56 Å². The van der Waals surface area contributed by atoms with Crippen molar-refractivity contribution in [3.05, 3.63) is 64.3 Å². The summed E-state index contributed by atoms with van der Waals surface area (Å²) in [7, 11) is 0. The second-order valence-electron chi connectivity index (χ2n) is 5.71. The number of likely N-dealkylation sites (tertiary alicyclic amines) is 1. The highest BCUT2D eigenvalue weighted by Crippen LogP contribution is 2.21. The van der Waals surface area contributed by atoms with Crippen molar-refractivity contribution in [2.75, 3.05) is 13.1 Å². The average Bonchev–Trinajstić information content (AvgIpc) is 2.55. The quantitative estimate of drug-likeness (QED) is 0.940. The van der Waals surface area contributed by atoms with E-state index in [9.17, 15) is 9.59 Å². The Hall–Kier alpha value is -2.43. The van der Waals surface area contributed by atoms with E-state index < -0.39 is 0 Å². The summed E-state index contributed by atoms with van der Waals surface area (Å²) in [6.45, 7) is 1.46. The number of carbonyl (C=O) groups excluding carboxylic acids is 1. The summed E-state index contributed by atoms with van der Waals surface area (Å²) in [5.41, 5.74) is 1.19. The highest BCUT2D eigenvalue weighted by molar-refractivity contribution is 5.92. The van der Waals surface area contributed by atoms with E-state index in [1.54, 1.807) is 18.3 Å². The third-order valence-electron chi connectivity index (χ3n) is 4.03. The zero-order valence-electron chi connectivity index (χ0n) is 12.4. The van der Waals surface area contributed by atoms with Gasteiger partial charge in [-0.1, -0.05) is 12.1 Å². The maximum atomic E-state index is 12.5. The first-order chi connectivity index (χ1) is 10.7. The molecule has 1 amide bonds. The van der Waals surface area contributed by atoms with Crippen LogP contribution in [0.15, 0.2) is 47.4 Å². The molecule has 0 aromatic carbocycles. The van der Waals surface area contributed by atoms with Crippen LogP contribution in [0.5, 0.6) is 0 Å². The molecule has 1 unspecified atom stereocenters. The molecule has 3 rings (SSSR count). The van der Waals surface area contributed by atoms with Crippen LogP contribution in [0.25, 0.3) is 0 Å². The van der Waals surface area contributed by atoms with E-state index in [1.807, 2.05) is 23.1 Å². The molecule has 1 fully saturated rings. The topological polar surface area (TPSA) is 66.1 Å². The van der Waals surface area contributed by atoms with Crippen molar-refractivity contribution < 1.29 is 4.79 Å². The number of aromatic amines is 1. The fraction of sp³-hybridized carbons (Fsp3) is 0.353. The van der Waals surface area contributed by atoms with Gasteiger partial charge in [-0.05, 0) is 43.4 Å². The van der Waals surface area contributed by atoms with Crippen LogP contribution < -0.4 is 5.56 Å². The highest BCUT2D eigenvalue weighted by atomic mass is 16.2. The molecule has 114 valence electrons. The maximum absolute atomic E-state index is 12.5. The standard InChI is InChI=1S/C17H19N3O2/c21-16-8-3-7-15(19-16)17(22)20-10-4-5-13(12-20)11-14-6-1-2-9-18-14/h1-3,6-9,13H,4-5,10-12H2,(H,19,21). The van der Waals surface area contributed by atoms with E-state index in [0.717, 1.165) is 31.5 Å². The summed E-state index contributed by atoms with van der Waals surface area (Å²) < 4.78 is 0. The van der Waals surface area contributed by atoms with Crippen LogP contribution in [-0.4, -0.2) is 33.9 Å². The van der Waals surface area contributed by atoms with Gasteiger partial charge in [0.25, 0.3) is 5.91 Å². The van der Waals surface area contributed by atoms with Crippen LogP contribution in [0.3, 0.4) is 0 Å². The zero-order valence-corrected chi connectivity index (χ0v) is 12.4. The van der Waals surface area contributed by atoms with Gasteiger partial charge >= 0.3 is 0 Å². The average molecular weight is 297 g/mol. The summed E-state index contributed by atoms with van der Waals surface area (Å²) in [6.07, 6.45) is 4.78. The largest absolute Gasteiger partial charge is 0.337 e. The van der Waals surface area contributed by atoms with Crippen LogP contribution in [0.4, 0.5) is 0 Å². The number of hydrogen-bond donors (Lipinski definition) is 1. The third kappa shape index (κ3) is 3.42. The van der Waals surface area contributed by atoms with Gasteiger partial charge in [0.15, 0.2) is 0 Å². The Balaban J connectivity index is 1.67. The molecular weight excluding hydrogens is 278 g/mol. The molecule has 1 aliphatic heterocycles. The first-order valence-corrected chi connectivity index (χ1v) is 7.61. The van der Waals surface area contributed by atoms with Crippen molar-refractivity contribution in [3.63, 3.8) is 0 Å². The molecule has 1 saturated heterocycles. The molecule has 0 radical (unpaired) electrons. The van der Waals surface area contributed by atoms with Gasteiger partial charge in [0, 0.05) is 31.0 Å². The summed E-state index contributed by atoms with van der Waals surface area (Å²) in [6, 6.07) is 10.6. The lowest BCUT2D eigenvalue weighted by Gasteiger charge is -2.32. The Labute approximate surface area is 129 Å². The second-order valence-corrected chi connectivity index (χ2v) is 5.71. The lowest BCUT2D eigenvalue weighted by molar-refractivity contribution is 0.0666. The van der Waals surface area contributed by atoms with Crippen LogP contribution >= 0.6 is 0 Å². The molecule has 1 aliphatic rings. The zero-order chi connectivity index (χ0) is 15.4. The Kier molecular flexibility index (Phi) is 4.32. The van der Waals surface area contributed by atoms with Gasteiger partial charge in [-0.15, -0.1) is 0 Å². The maximum Gasteiger partial charge on any atom is 0.270 e. The van der Waals surface area contributed by atoms with Gasteiger partial charge in [-0.2, -0.15) is 0 Å². The Morgan fingerprint density at radius 2 is 2.18 bits per heavy atom. The van der Waals surface area contributed by atoms with Crippen LogP contribution in [-0.2, 0) is 6.42 Å². The van der Waals surface area contributed by atoms with Gasteiger partial charge in [0.05, 0.1) is 0 Å². The summed E-state index contributed by atoms with van der Waals surface area (Å²) >= 11 is 0. The number of nitrogens with zero attached hydrogens (tertiary/aromatic N) is 2. The minimum Gasteiger partial charge on any atom is -0.337 e. The number of amides is 1. The van der Waals surface area contributed by atoms with Gasteiger partial charge in [-0.25, -0.2) is 0 Å². The monoisotopic (exact) mass is 297 g/mol. The fourth-order valence-corrected chi connectivity index (χ4v) is 2.97. The molecule has 3 heterocycles. The number of pyridine rings is 2. The normalized spacial score (nSPS) is 18.2. The third-order valence-corrected chi connectivity index (χ3v) is 4.03. The number of H-pyrrole nitrogens is 1. The summed E-state index contributed by atoms with van der Waals surface area (Å²) in [5, 5.41) is 0. The number of carbonyl (C=O) groups is 1. The van der Waals surface area contributed by atoms with Crippen molar-refractivity contribution >= 4 is 5.91 Å². The predicted octanol–water partition coefficient (Wildman–Crippen LogP) is 1.86. The van der Waals surface area contributed by atoms with Crippen molar-refractivity contribution in [1.82, 2.24) is 14.9 Å². The van der Waals surface area contributed by atoms with E-state index in [4.69, 9.17) is 0 Å². The van der Waals surface area contributed by atoms with E-state index in [1.165, 1.54) is 6.07 Å². The van der Waals surface area contributed by atoms with Crippen molar-refractivity contribution in [2.45, 2.75) is 19.3 Å². The molecule has 5 nitrogen and oxygen atoms in total. The van der Waals surface area contributed by atoms with Crippen LogP contribution in [0.2, 0.25) is 0 Å². The molecule has 5 heteroatoms. The predicted molar refractivity (Wildman–Crippen MR) is 83.6 cm³/mol. The summed E-state index contributed by atoms with van der Waals surface area (Å²) in [5.74, 6) is 0.325. The van der Waals surface area contributed by atoms with E-state index in [-0.39, 0.29) is 11.5 Å². The Bertz CT molecular complexity index is 696. The molecule has 0 aliphatic carbocycles. The number of piperidine rings is 1. The van der Waals surface area contributed by atoms with Crippen LogP contribution in [0, 0.1) is 5.92 Å². The molecular formula is C17H19N3O2. The number of aromatic nitrogens is 2. The van der Waals surface area contributed by atoms with E-state index >= 15 is 0 Å². The highest BCUT2D eigenvalue weighted by Gasteiger charge is 2.25.